The second-order valence-electron chi connectivity index (χ2n) is 8.05. The van der Waals surface area contributed by atoms with Crippen LogP contribution in [0.5, 0.6) is 0 Å². The highest BCUT2D eigenvalue weighted by Gasteiger charge is 2.37. The lowest BCUT2D eigenvalue weighted by Crippen LogP contribution is -2.30. The van der Waals surface area contributed by atoms with Crippen molar-refractivity contribution in [2.45, 2.75) is 52.6 Å². The van der Waals surface area contributed by atoms with Crippen molar-refractivity contribution < 1.29 is 8.78 Å². The maximum atomic E-state index is 15.0. The fourth-order valence-corrected chi connectivity index (χ4v) is 4.18. The molecule has 160 valence electrons. The average molecular weight is 433 g/mol. The number of anilines is 1. The number of fused-ring (bicyclic) bond motifs is 1. The van der Waals surface area contributed by atoms with Crippen molar-refractivity contribution in [2.75, 3.05) is 5.73 Å². The van der Waals surface area contributed by atoms with E-state index in [1.807, 2.05) is 24.6 Å². The maximum Gasteiger partial charge on any atom is 0.146 e. The van der Waals surface area contributed by atoms with Crippen LogP contribution in [0.4, 0.5) is 14.5 Å². The predicted octanol–water partition coefficient (Wildman–Crippen LogP) is 5.28. The van der Waals surface area contributed by atoms with E-state index in [1.165, 1.54) is 6.07 Å². The number of benzene rings is 2. The van der Waals surface area contributed by atoms with Gasteiger partial charge in [-0.1, -0.05) is 32.0 Å². The van der Waals surface area contributed by atoms with E-state index in [0.29, 0.717) is 12.2 Å². The first-order chi connectivity index (χ1) is 13.8. The van der Waals surface area contributed by atoms with Crippen molar-refractivity contribution in [1.82, 2.24) is 15.1 Å². The summed E-state index contributed by atoms with van der Waals surface area (Å²) in [6, 6.07) is 8.40. The van der Waals surface area contributed by atoms with Crippen LogP contribution < -0.4 is 11.1 Å². The van der Waals surface area contributed by atoms with Gasteiger partial charge in [-0.05, 0) is 43.9 Å². The van der Waals surface area contributed by atoms with Crippen LogP contribution in [0, 0.1) is 11.6 Å². The zero-order valence-electron chi connectivity index (χ0n) is 17.6. The maximum absolute atomic E-state index is 15.0. The third-order valence-electron chi connectivity index (χ3n) is 5.80. The van der Waals surface area contributed by atoms with Gasteiger partial charge in [-0.2, -0.15) is 5.10 Å². The van der Waals surface area contributed by atoms with Crippen LogP contribution in [-0.4, -0.2) is 9.78 Å². The van der Waals surface area contributed by atoms with Gasteiger partial charge in [0.05, 0.1) is 28.3 Å². The molecule has 1 aliphatic heterocycles. The minimum absolute atomic E-state index is 0. The molecule has 0 aliphatic carbocycles. The summed E-state index contributed by atoms with van der Waals surface area (Å²) >= 11 is 0. The smallest absolute Gasteiger partial charge is 0.146 e. The number of halogens is 3. The van der Waals surface area contributed by atoms with E-state index in [9.17, 15) is 4.39 Å². The van der Waals surface area contributed by atoms with E-state index in [2.05, 4.69) is 31.3 Å². The Hall–Kier alpha value is -2.44. The Bertz CT molecular complexity index is 1080. The Kier molecular flexibility index (Phi) is 5.94. The topological polar surface area (TPSA) is 55.9 Å². The summed E-state index contributed by atoms with van der Waals surface area (Å²) in [5, 5.41) is 8.35. The summed E-state index contributed by atoms with van der Waals surface area (Å²) in [5.41, 5.74) is 10.7. The van der Waals surface area contributed by atoms with Crippen LogP contribution in [0.25, 0.3) is 16.9 Å². The Labute approximate surface area is 181 Å². The van der Waals surface area contributed by atoms with Crippen molar-refractivity contribution in [2.24, 2.45) is 0 Å². The SMILES string of the molecule is CCc1cccc(CC)c1-n1nc2c(c1-c1cc(F)c(N)cc1F)CNC2(C)C.Cl. The van der Waals surface area contributed by atoms with Crippen molar-refractivity contribution >= 4 is 18.1 Å². The Morgan fingerprint density at radius 2 is 1.73 bits per heavy atom. The summed E-state index contributed by atoms with van der Waals surface area (Å²) in [7, 11) is 0. The molecular weight excluding hydrogens is 406 g/mol. The largest absolute Gasteiger partial charge is 0.396 e. The number of hydrogen-bond acceptors (Lipinski definition) is 3. The number of hydrogen-bond donors (Lipinski definition) is 2. The van der Waals surface area contributed by atoms with Crippen molar-refractivity contribution in [3.05, 3.63) is 64.4 Å². The van der Waals surface area contributed by atoms with E-state index in [-0.39, 0.29) is 29.2 Å². The predicted molar refractivity (Wildman–Crippen MR) is 119 cm³/mol. The van der Waals surface area contributed by atoms with E-state index in [1.54, 1.807) is 0 Å². The molecule has 0 atom stereocenters. The van der Waals surface area contributed by atoms with Gasteiger partial charge in [-0.25, -0.2) is 13.5 Å². The first kappa shape index (κ1) is 22.2. The Morgan fingerprint density at radius 1 is 1.10 bits per heavy atom. The summed E-state index contributed by atoms with van der Waals surface area (Å²) in [6.45, 7) is 8.81. The highest BCUT2D eigenvalue weighted by Crippen LogP contribution is 2.40. The molecule has 3 aromatic rings. The van der Waals surface area contributed by atoms with Gasteiger partial charge in [0.1, 0.15) is 11.6 Å². The van der Waals surface area contributed by atoms with Gasteiger partial charge in [0.25, 0.3) is 0 Å². The average Bonchev–Trinajstić information content (AvgIpc) is 3.21. The van der Waals surface area contributed by atoms with Gasteiger partial charge in [0.2, 0.25) is 0 Å². The highest BCUT2D eigenvalue weighted by atomic mass is 35.5. The number of aromatic nitrogens is 2. The summed E-state index contributed by atoms with van der Waals surface area (Å²) in [4.78, 5) is 0. The summed E-state index contributed by atoms with van der Waals surface area (Å²) in [6.07, 6.45) is 1.63. The third kappa shape index (κ3) is 3.38. The van der Waals surface area contributed by atoms with Gasteiger partial charge >= 0.3 is 0 Å². The number of nitrogen functional groups attached to an aromatic ring is 1. The number of aryl methyl sites for hydroxylation is 2. The molecule has 0 amide bonds. The lowest BCUT2D eigenvalue weighted by Gasteiger charge is -2.20. The standard InChI is InChI=1S/C23H26F2N4.ClH/c1-5-13-8-7-9-14(6-2)20(13)29-21(15-10-18(25)19(26)11-17(15)24)16-12-27-23(3,4)22(16)28-29;/h7-11,27H,5-6,12,26H2,1-4H3;1H. The minimum atomic E-state index is -0.632. The monoisotopic (exact) mass is 432 g/mol. The first-order valence-electron chi connectivity index (χ1n) is 10.0. The normalized spacial score (nSPS) is 14.5. The second-order valence-corrected chi connectivity index (χ2v) is 8.05. The molecule has 3 N–H and O–H groups in total. The molecule has 7 heteroatoms. The van der Waals surface area contributed by atoms with Crippen LogP contribution >= 0.6 is 12.4 Å². The molecule has 2 aromatic carbocycles. The lowest BCUT2D eigenvalue weighted by atomic mass is 9.98. The van der Waals surface area contributed by atoms with Crippen LogP contribution in [0.15, 0.2) is 30.3 Å². The molecule has 0 bridgehead atoms. The molecule has 0 saturated carbocycles. The fourth-order valence-electron chi connectivity index (χ4n) is 4.18. The fraction of sp³-hybridized carbons (Fsp3) is 0.348. The molecule has 0 unspecified atom stereocenters. The first-order valence-corrected chi connectivity index (χ1v) is 10.0. The molecule has 30 heavy (non-hydrogen) atoms. The van der Waals surface area contributed by atoms with Gasteiger partial charge < -0.3 is 11.1 Å². The van der Waals surface area contributed by atoms with Crippen molar-refractivity contribution in [3.63, 3.8) is 0 Å². The Balaban J connectivity index is 0.00000256. The summed E-state index contributed by atoms with van der Waals surface area (Å²) in [5.74, 6) is -1.18. The van der Waals surface area contributed by atoms with Gasteiger partial charge in [0, 0.05) is 23.7 Å². The van der Waals surface area contributed by atoms with Gasteiger partial charge in [-0.15, -0.1) is 12.4 Å². The van der Waals surface area contributed by atoms with Crippen LogP contribution in [0.2, 0.25) is 0 Å². The molecule has 1 aromatic heterocycles. The molecule has 4 rings (SSSR count). The quantitative estimate of drug-likeness (QED) is 0.551. The van der Waals surface area contributed by atoms with Crippen LogP contribution in [-0.2, 0) is 24.9 Å². The van der Waals surface area contributed by atoms with Crippen LogP contribution in [0.1, 0.15) is 50.1 Å². The number of rotatable bonds is 4. The zero-order valence-corrected chi connectivity index (χ0v) is 18.5. The van der Waals surface area contributed by atoms with E-state index in [4.69, 9.17) is 10.8 Å². The van der Waals surface area contributed by atoms with E-state index in [0.717, 1.165) is 47.0 Å². The highest BCUT2D eigenvalue weighted by molar-refractivity contribution is 5.85. The number of para-hydroxylation sites is 1. The minimum Gasteiger partial charge on any atom is -0.396 e. The van der Waals surface area contributed by atoms with Gasteiger partial charge in [-0.3, -0.25) is 0 Å². The number of nitrogens with one attached hydrogen (secondary N) is 1. The zero-order chi connectivity index (χ0) is 20.9. The van der Waals surface area contributed by atoms with Crippen LogP contribution in [0.3, 0.4) is 0 Å². The molecule has 0 radical (unpaired) electrons. The molecule has 2 heterocycles. The molecule has 4 nitrogen and oxygen atoms in total. The second kappa shape index (κ2) is 8.00. The van der Waals surface area contributed by atoms with Crippen molar-refractivity contribution in [3.8, 4) is 16.9 Å². The molecule has 0 spiro atoms. The van der Waals surface area contributed by atoms with E-state index >= 15 is 4.39 Å². The number of nitrogens with two attached hydrogens (primary N) is 1. The number of nitrogens with zero attached hydrogens (tertiary/aromatic N) is 2. The molecule has 0 fully saturated rings. The Morgan fingerprint density at radius 3 is 2.33 bits per heavy atom. The third-order valence-corrected chi connectivity index (χ3v) is 5.80. The summed E-state index contributed by atoms with van der Waals surface area (Å²) < 4.78 is 31.2. The molecular formula is C23H27ClF2N4. The van der Waals surface area contributed by atoms with Gasteiger partial charge in [0.15, 0.2) is 0 Å². The van der Waals surface area contributed by atoms with E-state index < -0.39 is 11.6 Å². The van der Waals surface area contributed by atoms with Crippen molar-refractivity contribution in [1.29, 1.82) is 0 Å². The lowest BCUT2D eigenvalue weighted by molar-refractivity contribution is 0.426. The molecule has 0 saturated heterocycles. The molecule has 1 aliphatic rings.